The van der Waals surface area contributed by atoms with Gasteiger partial charge in [-0.3, -0.25) is 5.32 Å². The minimum atomic E-state index is -0.594. The number of hydrogen-bond donors (Lipinski definition) is 2. The van der Waals surface area contributed by atoms with Crippen molar-refractivity contribution < 1.29 is 19.1 Å². The lowest BCUT2D eigenvalue weighted by Crippen LogP contribution is -2.52. The molecular weight excluding hydrogens is 418 g/mol. The lowest BCUT2D eigenvalue weighted by Gasteiger charge is -2.44. The molecule has 4 rings (SSSR count). The van der Waals surface area contributed by atoms with E-state index in [4.69, 9.17) is 9.47 Å². The van der Waals surface area contributed by atoms with Crippen molar-refractivity contribution in [2.75, 3.05) is 25.0 Å². The summed E-state index contributed by atoms with van der Waals surface area (Å²) >= 11 is 0. The normalized spacial score (nSPS) is 18.6. The van der Waals surface area contributed by atoms with Crippen molar-refractivity contribution in [3.8, 4) is 0 Å². The van der Waals surface area contributed by atoms with Crippen LogP contribution in [-0.4, -0.2) is 48.4 Å². The lowest BCUT2D eigenvalue weighted by molar-refractivity contribution is -0.0394. The van der Waals surface area contributed by atoms with Crippen LogP contribution in [0.2, 0.25) is 0 Å². The number of rotatable bonds is 5. The number of alkyl carbamates (subject to hydrolysis) is 1. The zero-order chi connectivity index (χ0) is 23.5. The summed E-state index contributed by atoms with van der Waals surface area (Å²) in [5, 5.41) is 5.87. The number of amides is 2. The zero-order valence-electron chi connectivity index (χ0n) is 19.6. The number of hydrogen-bond acceptors (Lipinski definition) is 5. The third-order valence-corrected chi connectivity index (χ3v) is 6.13. The molecule has 2 heterocycles. The van der Waals surface area contributed by atoms with Crippen LogP contribution < -0.4 is 10.6 Å². The SMILES string of the molecule is CC(C)(C)OC(=O)N[C@@H](Cc1ccccc1)CN1CCC2(CC1)OC(=O)Nc1ccccc12. The van der Waals surface area contributed by atoms with Crippen LogP contribution in [0.3, 0.4) is 0 Å². The molecule has 0 unspecified atom stereocenters. The molecule has 2 N–H and O–H groups in total. The van der Waals surface area contributed by atoms with Crippen LogP contribution in [0.4, 0.5) is 15.3 Å². The molecule has 33 heavy (non-hydrogen) atoms. The van der Waals surface area contributed by atoms with Gasteiger partial charge in [-0.05, 0) is 38.8 Å². The summed E-state index contributed by atoms with van der Waals surface area (Å²) in [6, 6.07) is 17.9. The number of carbonyl (C=O) groups excluding carboxylic acids is 2. The molecule has 0 aliphatic carbocycles. The molecular formula is C26H33N3O4. The lowest BCUT2D eigenvalue weighted by atomic mass is 9.82. The predicted octanol–water partition coefficient (Wildman–Crippen LogP) is 4.68. The number of ether oxygens (including phenoxy) is 2. The van der Waals surface area contributed by atoms with Crippen molar-refractivity contribution in [1.29, 1.82) is 0 Å². The van der Waals surface area contributed by atoms with Gasteiger partial charge in [-0.25, -0.2) is 9.59 Å². The number of carbonyl (C=O) groups is 2. The Bertz CT molecular complexity index is 979. The molecule has 0 aromatic heterocycles. The van der Waals surface area contributed by atoms with Crippen molar-refractivity contribution in [2.45, 2.75) is 57.3 Å². The summed E-state index contributed by atoms with van der Waals surface area (Å²) in [5.74, 6) is 0. The molecule has 0 saturated carbocycles. The van der Waals surface area contributed by atoms with Crippen LogP contribution in [0.15, 0.2) is 54.6 Å². The Balaban J connectivity index is 1.43. The number of nitrogens with zero attached hydrogens (tertiary/aromatic N) is 1. The summed E-state index contributed by atoms with van der Waals surface area (Å²) in [7, 11) is 0. The molecule has 1 atom stereocenters. The summed E-state index contributed by atoms with van der Waals surface area (Å²) in [6.45, 7) is 7.81. The van der Waals surface area contributed by atoms with E-state index in [1.54, 1.807) is 0 Å². The van der Waals surface area contributed by atoms with E-state index in [1.165, 1.54) is 0 Å². The number of likely N-dealkylation sites (tertiary alicyclic amines) is 1. The third-order valence-electron chi connectivity index (χ3n) is 6.13. The highest BCUT2D eigenvalue weighted by Gasteiger charge is 2.44. The second-order valence-electron chi connectivity index (χ2n) is 9.89. The maximum absolute atomic E-state index is 12.5. The van der Waals surface area contributed by atoms with Crippen molar-refractivity contribution >= 4 is 17.9 Å². The topological polar surface area (TPSA) is 79.9 Å². The summed E-state index contributed by atoms with van der Waals surface area (Å²) in [5.41, 5.74) is 1.88. The molecule has 1 spiro atoms. The van der Waals surface area contributed by atoms with Crippen molar-refractivity contribution in [2.24, 2.45) is 0 Å². The van der Waals surface area contributed by atoms with Gasteiger partial charge in [0.05, 0.1) is 5.69 Å². The Morgan fingerprint density at radius 1 is 1.12 bits per heavy atom. The summed E-state index contributed by atoms with van der Waals surface area (Å²) in [4.78, 5) is 27.0. The van der Waals surface area contributed by atoms with Gasteiger partial charge in [0.1, 0.15) is 11.2 Å². The Labute approximate surface area is 195 Å². The fourth-order valence-corrected chi connectivity index (χ4v) is 4.67. The monoisotopic (exact) mass is 451 g/mol. The minimum absolute atomic E-state index is 0.0980. The van der Waals surface area contributed by atoms with Crippen LogP contribution in [0, 0.1) is 0 Å². The van der Waals surface area contributed by atoms with E-state index in [9.17, 15) is 9.59 Å². The van der Waals surface area contributed by atoms with Gasteiger partial charge in [0.25, 0.3) is 0 Å². The quantitative estimate of drug-likeness (QED) is 0.690. The highest BCUT2D eigenvalue weighted by Crippen LogP contribution is 2.43. The Kier molecular flexibility index (Phi) is 6.61. The molecule has 2 aliphatic rings. The minimum Gasteiger partial charge on any atom is -0.444 e. The number of piperidine rings is 1. The first kappa shape index (κ1) is 23.1. The first-order chi connectivity index (χ1) is 15.7. The van der Waals surface area contributed by atoms with Crippen molar-refractivity contribution in [1.82, 2.24) is 10.2 Å². The number of benzene rings is 2. The van der Waals surface area contributed by atoms with Crippen LogP contribution in [-0.2, 0) is 21.5 Å². The van der Waals surface area contributed by atoms with Crippen LogP contribution in [0.25, 0.3) is 0 Å². The van der Waals surface area contributed by atoms with Gasteiger partial charge in [-0.15, -0.1) is 0 Å². The van der Waals surface area contributed by atoms with Crippen molar-refractivity contribution in [3.63, 3.8) is 0 Å². The Hall–Kier alpha value is -3.06. The molecule has 1 fully saturated rings. The largest absolute Gasteiger partial charge is 0.444 e. The van der Waals surface area contributed by atoms with Gasteiger partial charge in [-0.2, -0.15) is 0 Å². The highest BCUT2D eigenvalue weighted by atomic mass is 16.6. The van der Waals surface area contributed by atoms with Crippen LogP contribution >= 0.6 is 0 Å². The molecule has 1 saturated heterocycles. The standard InChI is InChI=1S/C26H33N3O4/c1-25(2,3)32-23(30)27-20(17-19-9-5-4-6-10-19)18-29-15-13-26(14-16-29)21-11-7-8-12-22(21)28-24(31)33-26/h4-12,20H,13-18H2,1-3H3,(H,27,30)(H,28,31)/t20-/m0/s1. The van der Waals surface area contributed by atoms with E-state index < -0.39 is 23.4 Å². The molecule has 2 amide bonds. The molecule has 7 nitrogen and oxygen atoms in total. The summed E-state index contributed by atoms with van der Waals surface area (Å²) < 4.78 is 11.3. The van der Waals surface area contributed by atoms with Crippen molar-refractivity contribution in [3.05, 3.63) is 65.7 Å². The fourth-order valence-electron chi connectivity index (χ4n) is 4.67. The molecule has 0 radical (unpaired) electrons. The van der Waals surface area contributed by atoms with E-state index >= 15 is 0 Å². The highest BCUT2D eigenvalue weighted by molar-refractivity contribution is 5.88. The predicted molar refractivity (Wildman–Crippen MR) is 127 cm³/mol. The van der Waals surface area contributed by atoms with E-state index in [-0.39, 0.29) is 6.04 Å². The molecule has 2 aliphatic heterocycles. The Morgan fingerprint density at radius 2 is 1.79 bits per heavy atom. The molecule has 2 aromatic carbocycles. The summed E-state index contributed by atoms with van der Waals surface area (Å²) in [6.07, 6.45) is 1.33. The molecule has 7 heteroatoms. The Morgan fingerprint density at radius 3 is 2.48 bits per heavy atom. The number of nitrogens with one attached hydrogen (secondary N) is 2. The zero-order valence-corrected chi connectivity index (χ0v) is 19.6. The maximum Gasteiger partial charge on any atom is 0.412 e. The maximum atomic E-state index is 12.5. The fraction of sp³-hybridized carbons (Fsp3) is 0.462. The number of fused-ring (bicyclic) bond motifs is 2. The molecule has 2 aromatic rings. The smallest absolute Gasteiger partial charge is 0.412 e. The van der Waals surface area contributed by atoms with Gasteiger partial charge in [0.2, 0.25) is 0 Å². The van der Waals surface area contributed by atoms with Crippen LogP contribution in [0.1, 0.15) is 44.7 Å². The number of para-hydroxylation sites is 1. The number of anilines is 1. The van der Waals surface area contributed by atoms with E-state index in [0.717, 1.165) is 29.9 Å². The van der Waals surface area contributed by atoms with Gasteiger partial charge >= 0.3 is 12.2 Å². The van der Waals surface area contributed by atoms with E-state index in [0.29, 0.717) is 25.8 Å². The molecule has 0 bridgehead atoms. The first-order valence-corrected chi connectivity index (χ1v) is 11.6. The van der Waals surface area contributed by atoms with Crippen LogP contribution in [0.5, 0.6) is 0 Å². The second-order valence-corrected chi connectivity index (χ2v) is 9.89. The van der Waals surface area contributed by atoms with E-state index in [1.807, 2.05) is 63.2 Å². The second kappa shape index (κ2) is 9.43. The van der Waals surface area contributed by atoms with Gasteiger partial charge < -0.3 is 19.7 Å². The average molecular weight is 452 g/mol. The third kappa shape index (κ3) is 5.85. The van der Waals surface area contributed by atoms with Gasteiger partial charge in [0, 0.05) is 44.1 Å². The van der Waals surface area contributed by atoms with E-state index in [2.05, 4.69) is 27.7 Å². The van der Waals surface area contributed by atoms with Gasteiger partial charge in [-0.1, -0.05) is 48.5 Å². The average Bonchev–Trinajstić information content (AvgIpc) is 2.75. The first-order valence-electron chi connectivity index (χ1n) is 11.6. The van der Waals surface area contributed by atoms with Gasteiger partial charge in [0.15, 0.2) is 0 Å². The molecule has 176 valence electrons.